The highest BCUT2D eigenvalue weighted by Crippen LogP contribution is 2.26. The van der Waals surface area contributed by atoms with Crippen LogP contribution >= 0.6 is 27.3 Å². The fraction of sp³-hybridized carbons (Fsp3) is 0.0526. The van der Waals surface area contributed by atoms with Crippen LogP contribution < -0.4 is 10.1 Å². The summed E-state index contributed by atoms with van der Waals surface area (Å²) in [6.07, 6.45) is 1.88. The summed E-state index contributed by atoms with van der Waals surface area (Å²) in [7, 11) is 1.64. The molecule has 0 aliphatic heterocycles. The SMILES string of the molecule is COc1ccc(-c2cn3c(C(=O)Nc4ccc(Br)cc4)csc3n2)cc1. The molecule has 7 heteroatoms. The van der Waals surface area contributed by atoms with Gasteiger partial charge in [0.25, 0.3) is 5.91 Å². The minimum atomic E-state index is -0.169. The molecule has 0 saturated carbocycles. The van der Waals surface area contributed by atoms with Gasteiger partial charge in [-0.15, -0.1) is 11.3 Å². The van der Waals surface area contributed by atoms with E-state index >= 15 is 0 Å². The van der Waals surface area contributed by atoms with E-state index < -0.39 is 0 Å². The highest BCUT2D eigenvalue weighted by molar-refractivity contribution is 9.10. The van der Waals surface area contributed by atoms with Crippen molar-refractivity contribution in [1.29, 1.82) is 0 Å². The number of benzene rings is 2. The van der Waals surface area contributed by atoms with Gasteiger partial charge >= 0.3 is 0 Å². The maximum atomic E-state index is 12.6. The number of anilines is 1. The zero-order chi connectivity index (χ0) is 18.1. The lowest BCUT2D eigenvalue weighted by atomic mass is 10.2. The first-order chi connectivity index (χ1) is 12.6. The van der Waals surface area contributed by atoms with E-state index in [9.17, 15) is 4.79 Å². The number of carbonyl (C=O) groups is 1. The average Bonchev–Trinajstić information content (AvgIpc) is 3.24. The molecule has 1 amide bonds. The van der Waals surface area contributed by atoms with Crippen molar-refractivity contribution in [1.82, 2.24) is 9.38 Å². The van der Waals surface area contributed by atoms with Gasteiger partial charge < -0.3 is 10.1 Å². The number of hydrogen-bond donors (Lipinski definition) is 1. The van der Waals surface area contributed by atoms with Gasteiger partial charge in [0, 0.05) is 27.3 Å². The van der Waals surface area contributed by atoms with Gasteiger partial charge in [-0.25, -0.2) is 4.98 Å². The van der Waals surface area contributed by atoms with Crippen molar-refractivity contribution in [2.45, 2.75) is 0 Å². The number of rotatable bonds is 4. The van der Waals surface area contributed by atoms with Gasteiger partial charge in [-0.05, 0) is 48.5 Å². The number of nitrogens with zero attached hydrogens (tertiary/aromatic N) is 2. The minimum Gasteiger partial charge on any atom is -0.497 e. The van der Waals surface area contributed by atoms with E-state index in [1.165, 1.54) is 11.3 Å². The second-order valence-electron chi connectivity index (χ2n) is 5.59. The van der Waals surface area contributed by atoms with Crippen LogP contribution in [0.1, 0.15) is 10.5 Å². The Kier molecular flexibility index (Phi) is 4.48. The summed E-state index contributed by atoms with van der Waals surface area (Å²) in [5, 5.41) is 4.72. The Hall–Kier alpha value is -2.64. The molecule has 0 fully saturated rings. The third kappa shape index (κ3) is 3.23. The van der Waals surface area contributed by atoms with Gasteiger partial charge in [0.05, 0.1) is 12.8 Å². The van der Waals surface area contributed by atoms with E-state index in [4.69, 9.17) is 4.74 Å². The predicted octanol–water partition coefficient (Wildman–Crippen LogP) is 5.09. The first-order valence-corrected chi connectivity index (χ1v) is 9.49. The molecule has 2 heterocycles. The molecule has 0 spiro atoms. The van der Waals surface area contributed by atoms with Crippen LogP contribution in [-0.2, 0) is 0 Å². The van der Waals surface area contributed by atoms with E-state index in [0.717, 1.165) is 32.1 Å². The number of carbonyl (C=O) groups excluding carboxylic acids is 1. The van der Waals surface area contributed by atoms with E-state index in [2.05, 4.69) is 26.2 Å². The van der Waals surface area contributed by atoms with Crippen molar-refractivity contribution < 1.29 is 9.53 Å². The number of fused-ring (bicyclic) bond motifs is 1. The maximum absolute atomic E-state index is 12.6. The second-order valence-corrected chi connectivity index (χ2v) is 7.34. The quantitative estimate of drug-likeness (QED) is 0.493. The second kappa shape index (κ2) is 6.93. The van der Waals surface area contributed by atoms with Crippen LogP contribution in [0.15, 0.2) is 64.6 Å². The smallest absolute Gasteiger partial charge is 0.273 e. The van der Waals surface area contributed by atoms with Crippen molar-refractivity contribution in [2.24, 2.45) is 0 Å². The van der Waals surface area contributed by atoms with Crippen molar-refractivity contribution in [3.05, 3.63) is 70.3 Å². The summed E-state index contributed by atoms with van der Waals surface area (Å²) in [6.45, 7) is 0. The van der Waals surface area contributed by atoms with E-state index in [1.54, 1.807) is 7.11 Å². The standard InChI is InChI=1S/C19H14BrN3O2S/c1-25-15-8-2-12(3-9-15)16-10-23-17(11-26-19(23)22-16)18(24)21-14-6-4-13(20)5-7-14/h2-11H,1H3,(H,21,24). The number of aromatic nitrogens is 2. The Bertz CT molecular complexity index is 1070. The molecule has 0 unspecified atom stereocenters. The molecule has 2 aromatic carbocycles. The lowest BCUT2D eigenvalue weighted by Crippen LogP contribution is -2.13. The van der Waals surface area contributed by atoms with Crippen LogP contribution in [0.5, 0.6) is 5.75 Å². The topological polar surface area (TPSA) is 55.6 Å². The van der Waals surface area contributed by atoms with Gasteiger partial charge in [-0.1, -0.05) is 15.9 Å². The van der Waals surface area contributed by atoms with Gasteiger partial charge in [0.2, 0.25) is 0 Å². The zero-order valence-corrected chi connectivity index (χ0v) is 16.2. The van der Waals surface area contributed by atoms with Gasteiger partial charge in [-0.3, -0.25) is 9.20 Å². The fourth-order valence-electron chi connectivity index (χ4n) is 2.58. The average molecular weight is 428 g/mol. The molecular formula is C19H14BrN3O2S. The monoisotopic (exact) mass is 427 g/mol. The zero-order valence-electron chi connectivity index (χ0n) is 13.8. The summed E-state index contributed by atoms with van der Waals surface area (Å²) in [5.41, 5.74) is 3.09. The Morgan fingerprint density at radius 1 is 1.15 bits per heavy atom. The summed E-state index contributed by atoms with van der Waals surface area (Å²) in [4.78, 5) is 18.0. The molecule has 2 aromatic heterocycles. The third-order valence-corrected chi connectivity index (χ3v) is 5.30. The lowest BCUT2D eigenvalue weighted by Gasteiger charge is -2.04. The van der Waals surface area contributed by atoms with Gasteiger partial charge in [-0.2, -0.15) is 0 Å². The number of ether oxygens (including phenoxy) is 1. The van der Waals surface area contributed by atoms with E-state index in [0.29, 0.717) is 5.69 Å². The molecular weight excluding hydrogens is 414 g/mol. The van der Waals surface area contributed by atoms with Crippen LogP contribution in [0, 0.1) is 0 Å². The number of hydrogen-bond acceptors (Lipinski definition) is 4. The van der Waals surface area contributed by atoms with Crippen molar-refractivity contribution in [2.75, 3.05) is 12.4 Å². The molecule has 0 aliphatic rings. The molecule has 26 heavy (non-hydrogen) atoms. The maximum Gasteiger partial charge on any atom is 0.273 e. The molecule has 4 rings (SSSR count). The van der Waals surface area contributed by atoms with Crippen molar-refractivity contribution in [3.8, 4) is 17.0 Å². The molecule has 0 bridgehead atoms. The van der Waals surface area contributed by atoms with E-state index in [-0.39, 0.29) is 5.91 Å². The first kappa shape index (κ1) is 16.8. The van der Waals surface area contributed by atoms with Gasteiger partial charge in [0.1, 0.15) is 11.4 Å². The lowest BCUT2D eigenvalue weighted by molar-refractivity contribution is 0.102. The normalized spacial score (nSPS) is 10.8. The summed E-state index contributed by atoms with van der Waals surface area (Å²) < 4.78 is 7.97. The molecule has 5 nitrogen and oxygen atoms in total. The third-order valence-electron chi connectivity index (χ3n) is 3.93. The Labute approximate surface area is 162 Å². The van der Waals surface area contributed by atoms with Crippen molar-refractivity contribution in [3.63, 3.8) is 0 Å². The number of nitrogens with one attached hydrogen (secondary N) is 1. The summed E-state index contributed by atoms with van der Waals surface area (Å²) in [5.74, 6) is 0.626. The Balaban J connectivity index is 1.62. The number of halogens is 1. The number of methoxy groups -OCH3 is 1. The molecule has 0 atom stereocenters. The van der Waals surface area contributed by atoms with Crippen LogP contribution in [0.2, 0.25) is 0 Å². The highest BCUT2D eigenvalue weighted by Gasteiger charge is 2.15. The van der Waals surface area contributed by atoms with Crippen LogP contribution in [0.4, 0.5) is 5.69 Å². The van der Waals surface area contributed by atoms with Crippen molar-refractivity contribution >= 4 is 43.8 Å². The van der Waals surface area contributed by atoms with Gasteiger partial charge in [0.15, 0.2) is 4.96 Å². The fourth-order valence-corrected chi connectivity index (χ4v) is 3.69. The summed E-state index contributed by atoms with van der Waals surface area (Å²) in [6, 6.07) is 15.2. The first-order valence-electron chi connectivity index (χ1n) is 7.82. The Morgan fingerprint density at radius 3 is 2.58 bits per heavy atom. The largest absolute Gasteiger partial charge is 0.497 e. The number of imidazole rings is 1. The number of amides is 1. The highest BCUT2D eigenvalue weighted by atomic mass is 79.9. The van der Waals surface area contributed by atoms with Crippen LogP contribution in [0.25, 0.3) is 16.2 Å². The Morgan fingerprint density at radius 2 is 1.88 bits per heavy atom. The van der Waals surface area contributed by atoms with E-state index in [1.807, 2.05) is 64.5 Å². The van der Waals surface area contributed by atoms with Crippen LogP contribution in [-0.4, -0.2) is 22.4 Å². The molecule has 4 aromatic rings. The molecule has 0 aliphatic carbocycles. The predicted molar refractivity (Wildman–Crippen MR) is 107 cm³/mol. The molecule has 0 radical (unpaired) electrons. The molecule has 130 valence electrons. The summed E-state index contributed by atoms with van der Waals surface area (Å²) >= 11 is 4.82. The molecule has 1 N–H and O–H groups in total. The van der Waals surface area contributed by atoms with Crippen LogP contribution in [0.3, 0.4) is 0 Å². The number of thiazole rings is 1. The molecule has 0 saturated heterocycles. The minimum absolute atomic E-state index is 0.169.